The second kappa shape index (κ2) is 6.53. The van der Waals surface area contributed by atoms with E-state index in [9.17, 15) is 4.79 Å². The van der Waals surface area contributed by atoms with Crippen LogP contribution in [-0.4, -0.2) is 41.9 Å². The van der Waals surface area contributed by atoms with Gasteiger partial charge in [0.2, 0.25) is 5.91 Å². The van der Waals surface area contributed by atoms with Gasteiger partial charge < -0.3 is 19.8 Å². The van der Waals surface area contributed by atoms with Crippen LogP contribution in [0.1, 0.15) is 0 Å². The lowest BCUT2D eigenvalue weighted by Gasteiger charge is -2.04. The van der Waals surface area contributed by atoms with Gasteiger partial charge in [0.1, 0.15) is 18.1 Å². The van der Waals surface area contributed by atoms with Gasteiger partial charge in [-0.2, -0.15) is 5.10 Å². The Kier molecular flexibility index (Phi) is 4.06. The van der Waals surface area contributed by atoms with Crippen LogP contribution >= 0.6 is 0 Å². The monoisotopic (exact) mass is 350 g/mol. The first-order chi connectivity index (χ1) is 12.7. The van der Waals surface area contributed by atoms with E-state index in [1.54, 1.807) is 7.11 Å². The van der Waals surface area contributed by atoms with Crippen molar-refractivity contribution in [1.82, 2.24) is 15.2 Å². The molecule has 2 aromatic carbocycles. The van der Waals surface area contributed by atoms with Crippen LogP contribution in [0, 0.1) is 0 Å². The number of carbonyl (C=O) groups is 1. The number of methoxy groups -OCH3 is 2. The molecule has 132 valence electrons. The molecule has 0 aliphatic heterocycles. The van der Waals surface area contributed by atoms with Crippen molar-refractivity contribution in [2.75, 3.05) is 26.1 Å². The number of rotatable bonds is 5. The molecule has 0 spiro atoms. The minimum Gasteiger partial charge on any atom is -0.497 e. The molecule has 2 heterocycles. The number of nitrogens with one attached hydrogen (secondary N) is 3. The van der Waals surface area contributed by atoms with Gasteiger partial charge in [-0.15, -0.1) is 0 Å². The standard InChI is InChI=1S/C19H18N4O3/c1-25-10-18(24)20-12-4-6-15-14(8-12)19(23-22-15)17-7-11-3-5-13(26-2)9-16(11)21-17/h3-9,21H,10H2,1-2H3,(H,20,24)(H,22,23). The molecule has 26 heavy (non-hydrogen) atoms. The van der Waals surface area contributed by atoms with E-state index in [-0.39, 0.29) is 12.5 Å². The Bertz CT molecular complexity index is 1100. The predicted octanol–water partition coefficient (Wildman–Crippen LogP) is 3.30. The van der Waals surface area contributed by atoms with Crippen molar-refractivity contribution in [3.05, 3.63) is 42.5 Å². The maximum Gasteiger partial charge on any atom is 0.250 e. The Labute approximate surface area is 149 Å². The van der Waals surface area contributed by atoms with Crippen molar-refractivity contribution >= 4 is 33.4 Å². The number of carbonyl (C=O) groups excluding carboxylic acids is 1. The van der Waals surface area contributed by atoms with Crippen LogP contribution in [0.4, 0.5) is 5.69 Å². The normalized spacial score (nSPS) is 11.2. The van der Waals surface area contributed by atoms with Crippen LogP contribution in [0.2, 0.25) is 0 Å². The van der Waals surface area contributed by atoms with Crippen molar-refractivity contribution in [3.63, 3.8) is 0 Å². The summed E-state index contributed by atoms with van der Waals surface area (Å²) in [5, 5.41) is 12.3. The third-order valence-corrected chi connectivity index (χ3v) is 4.21. The van der Waals surface area contributed by atoms with Gasteiger partial charge in [0.05, 0.1) is 18.3 Å². The number of aromatic amines is 2. The first-order valence-electron chi connectivity index (χ1n) is 8.12. The summed E-state index contributed by atoms with van der Waals surface area (Å²) >= 11 is 0. The molecule has 4 rings (SSSR count). The number of amides is 1. The summed E-state index contributed by atoms with van der Waals surface area (Å²) < 4.78 is 10.1. The first kappa shape index (κ1) is 16.2. The van der Waals surface area contributed by atoms with Gasteiger partial charge in [-0.3, -0.25) is 9.89 Å². The highest BCUT2D eigenvalue weighted by Crippen LogP contribution is 2.31. The third kappa shape index (κ3) is 2.89. The van der Waals surface area contributed by atoms with E-state index in [4.69, 9.17) is 9.47 Å². The fraction of sp³-hybridized carbons (Fsp3) is 0.158. The Morgan fingerprint density at radius 2 is 2.00 bits per heavy atom. The summed E-state index contributed by atoms with van der Waals surface area (Å²) in [6.07, 6.45) is 0. The van der Waals surface area contributed by atoms with Gasteiger partial charge in [-0.25, -0.2) is 0 Å². The van der Waals surface area contributed by atoms with Crippen LogP contribution in [0.15, 0.2) is 42.5 Å². The van der Waals surface area contributed by atoms with Gasteiger partial charge in [0, 0.05) is 35.2 Å². The fourth-order valence-electron chi connectivity index (χ4n) is 2.99. The molecule has 0 fully saturated rings. The molecule has 7 nitrogen and oxygen atoms in total. The lowest BCUT2D eigenvalue weighted by Crippen LogP contribution is -2.16. The second-order valence-corrected chi connectivity index (χ2v) is 5.95. The third-order valence-electron chi connectivity index (χ3n) is 4.21. The summed E-state index contributed by atoms with van der Waals surface area (Å²) in [6, 6.07) is 13.5. The smallest absolute Gasteiger partial charge is 0.250 e. The molecule has 0 unspecified atom stereocenters. The molecule has 0 saturated carbocycles. The van der Waals surface area contributed by atoms with Crippen LogP contribution in [0.25, 0.3) is 33.2 Å². The zero-order valence-electron chi connectivity index (χ0n) is 14.4. The molecule has 0 atom stereocenters. The average Bonchev–Trinajstić information content (AvgIpc) is 3.24. The lowest BCUT2D eigenvalue weighted by molar-refractivity contribution is -0.119. The lowest BCUT2D eigenvalue weighted by atomic mass is 10.1. The molecule has 1 amide bonds. The molecular formula is C19H18N4O3. The Morgan fingerprint density at radius 3 is 2.81 bits per heavy atom. The van der Waals surface area contributed by atoms with Gasteiger partial charge >= 0.3 is 0 Å². The van der Waals surface area contributed by atoms with Crippen molar-refractivity contribution in [1.29, 1.82) is 0 Å². The van der Waals surface area contributed by atoms with Gasteiger partial charge in [-0.05, 0) is 36.4 Å². The van der Waals surface area contributed by atoms with Gasteiger partial charge in [0.25, 0.3) is 0 Å². The minimum atomic E-state index is -0.199. The largest absolute Gasteiger partial charge is 0.497 e. The first-order valence-corrected chi connectivity index (χ1v) is 8.12. The van der Waals surface area contributed by atoms with Crippen molar-refractivity contribution in [3.8, 4) is 17.1 Å². The fourth-order valence-corrected chi connectivity index (χ4v) is 2.99. The van der Waals surface area contributed by atoms with E-state index in [1.165, 1.54) is 7.11 Å². The maximum atomic E-state index is 11.7. The number of hydrogen-bond donors (Lipinski definition) is 3. The Balaban J connectivity index is 1.75. The quantitative estimate of drug-likeness (QED) is 0.515. The summed E-state index contributed by atoms with van der Waals surface area (Å²) in [5.41, 5.74) is 4.24. The molecule has 0 aliphatic carbocycles. The van der Waals surface area contributed by atoms with Crippen molar-refractivity contribution in [2.45, 2.75) is 0 Å². The number of ether oxygens (including phenoxy) is 2. The van der Waals surface area contributed by atoms with Crippen LogP contribution in [-0.2, 0) is 9.53 Å². The molecule has 7 heteroatoms. The summed E-state index contributed by atoms with van der Waals surface area (Å²) in [7, 11) is 3.13. The molecule has 0 radical (unpaired) electrons. The topological polar surface area (TPSA) is 92.0 Å². The summed E-state index contributed by atoms with van der Waals surface area (Å²) in [5.74, 6) is 0.593. The highest BCUT2D eigenvalue weighted by molar-refractivity contribution is 5.99. The van der Waals surface area contributed by atoms with Crippen LogP contribution < -0.4 is 10.1 Å². The van der Waals surface area contributed by atoms with Crippen LogP contribution in [0.3, 0.4) is 0 Å². The number of H-pyrrole nitrogens is 2. The second-order valence-electron chi connectivity index (χ2n) is 5.95. The van der Waals surface area contributed by atoms with E-state index in [0.29, 0.717) is 5.69 Å². The van der Waals surface area contributed by atoms with Crippen LogP contribution in [0.5, 0.6) is 5.75 Å². The van der Waals surface area contributed by atoms with E-state index >= 15 is 0 Å². The van der Waals surface area contributed by atoms with Crippen molar-refractivity contribution in [2.24, 2.45) is 0 Å². The Morgan fingerprint density at radius 1 is 1.12 bits per heavy atom. The molecule has 3 N–H and O–H groups in total. The van der Waals surface area contributed by atoms with E-state index in [1.807, 2.05) is 42.5 Å². The molecule has 0 saturated heterocycles. The number of hydrogen-bond acceptors (Lipinski definition) is 4. The number of aromatic nitrogens is 3. The Hall–Kier alpha value is -3.32. The van der Waals surface area contributed by atoms with Crippen molar-refractivity contribution < 1.29 is 14.3 Å². The summed E-state index contributed by atoms with van der Waals surface area (Å²) in [6.45, 7) is 0.0140. The zero-order chi connectivity index (χ0) is 18.1. The zero-order valence-corrected chi connectivity index (χ0v) is 14.4. The predicted molar refractivity (Wildman–Crippen MR) is 100 cm³/mol. The highest BCUT2D eigenvalue weighted by Gasteiger charge is 2.13. The molecule has 0 bridgehead atoms. The minimum absolute atomic E-state index is 0.0140. The highest BCUT2D eigenvalue weighted by atomic mass is 16.5. The number of fused-ring (bicyclic) bond motifs is 2. The average molecular weight is 350 g/mol. The van der Waals surface area contributed by atoms with E-state index in [2.05, 4.69) is 20.5 Å². The number of anilines is 1. The van der Waals surface area contributed by atoms with E-state index < -0.39 is 0 Å². The van der Waals surface area contributed by atoms with Gasteiger partial charge in [-0.1, -0.05) is 0 Å². The molecule has 0 aliphatic rings. The maximum absolute atomic E-state index is 11.7. The van der Waals surface area contributed by atoms with E-state index in [0.717, 1.165) is 38.9 Å². The summed E-state index contributed by atoms with van der Waals surface area (Å²) in [4.78, 5) is 15.1. The van der Waals surface area contributed by atoms with Gasteiger partial charge in [0.15, 0.2) is 0 Å². The molecule has 2 aromatic heterocycles. The number of nitrogens with zero attached hydrogens (tertiary/aromatic N) is 1. The molecule has 4 aromatic rings. The molecular weight excluding hydrogens is 332 g/mol. The SMILES string of the molecule is COCC(=O)Nc1ccc2[nH]nc(-c3cc4ccc(OC)cc4[nH]3)c2c1. The number of benzene rings is 2.